The zero-order valence-corrected chi connectivity index (χ0v) is 16.2. The highest BCUT2D eigenvalue weighted by molar-refractivity contribution is 6.33. The molecule has 0 aromatic carbocycles. The third kappa shape index (κ3) is 5.52. The van der Waals surface area contributed by atoms with Gasteiger partial charge in [0.05, 0.1) is 21.2 Å². The van der Waals surface area contributed by atoms with Gasteiger partial charge in [0.25, 0.3) is 5.95 Å². The standard InChI is InChI=1S/C15H8Cl2F6N8/c16-9-1-7(14(18,19)20)3-24-11(9)29-28-5-26-13-27-6-31(30-13)12-10(17)2-8(4-25-12)15(21,22)23/h1-6H,(H,24,29)(H,26,28,30). The van der Waals surface area contributed by atoms with Gasteiger partial charge in [-0.3, -0.25) is 10.9 Å². The van der Waals surface area contributed by atoms with Crippen LogP contribution >= 0.6 is 23.2 Å². The van der Waals surface area contributed by atoms with Gasteiger partial charge in [0.15, 0.2) is 11.6 Å². The lowest BCUT2D eigenvalue weighted by molar-refractivity contribution is -0.138. The van der Waals surface area contributed by atoms with E-state index < -0.39 is 23.5 Å². The second-order valence-electron chi connectivity index (χ2n) is 5.60. The Morgan fingerprint density at radius 3 is 2.10 bits per heavy atom. The third-order valence-corrected chi connectivity index (χ3v) is 4.02. The monoisotopic (exact) mass is 484 g/mol. The Labute approximate surface area is 178 Å². The first-order chi connectivity index (χ1) is 14.4. The van der Waals surface area contributed by atoms with Crippen LogP contribution in [0.5, 0.6) is 0 Å². The maximum absolute atomic E-state index is 12.7. The van der Waals surface area contributed by atoms with Crippen LogP contribution in [0.2, 0.25) is 10.0 Å². The van der Waals surface area contributed by atoms with Gasteiger partial charge in [0, 0.05) is 12.4 Å². The molecule has 0 bridgehead atoms. The van der Waals surface area contributed by atoms with Crippen molar-refractivity contribution < 1.29 is 26.3 Å². The largest absolute Gasteiger partial charge is 0.417 e. The Hall–Kier alpha value is -3.13. The van der Waals surface area contributed by atoms with Crippen molar-refractivity contribution in [3.63, 3.8) is 0 Å². The maximum atomic E-state index is 12.7. The highest BCUT2D eigenvalue weighted by Gasteiger charge is 2.32. The van der Waals surface area contributed by atoms with Crippen LogP contribution in [0.3, 0.4) is 0 Å². The Morgan fingerprint density at radius 1 is 0.903 bits per heavy atom. The molecule has 8 nitrogen and oxygen atoms in total. The van der Waals surface area contributed by atoms with Crippen molar-refractivity contribution in [3.8, 4) is 5.82 Å². The number of pyridine rings is 2. The van der Waals surface area contributed by atoms with E-state index in [1.165, 1.54) is 0 Å². The van der Waals surface area contributed by atoms with Crippen LogP contribution < -0.4 is 10.9 Å². The predicted molar refractivity (Wildman–Crippen MR) is 98.3 cm³/mol. The molecular formula is C15H8Cl2F6N8. The average molecular weight is 485 g/mol. The minimum Gasteiger partial charge on any atom is -0.289 e. The van der Waals surface area contributed by atoms with Crippen molar-refractivity contribution in [2.75, 3.05) is 5.43 Å². The highest BCUT2D eigenvalue weighted by atomic mass is 35.5. The van der Waals surface area contributed by atoms with E-state index in [1.54, 1.807) is 0 Å². The Kier molecular flexibility index (Phi) is 6.22. The molecule has 0 amide bonds. The number of nitrogens with zero attached hydrogens (tertiary/aromatic N) is 6. The van der Waals surface area contributed by atoms with Crippen molar-refractivity contribution in [1.82, 2.24) is 30.2 Å². The molecule has 164 valence electrons. The number of anilines is 1. The summed E-state index contributed by atoms with van der Waals surface area (Å²) in [6.45, 7) is 0. The van der Waals surface area contributed by atoms with Crippen LogP contribution in [-0.4, -0.2) is 31.1 Å². The van der Waals surface area contributed by atoms with Gasteiger partial charge < -0.3 is 0 Å². The Morgan fingerprint density at radius 2 is 1.52 bits per heavy atom. The van der Waals surface area contributed by atoms with Crippen LogP contribution in [0.15, 0.2) is 35.8 Å². The summed E-state index contributed by atoms with van der Waals surface area (Å²) >= 11 is 11.6. The zero-order valence-electron chi connectivity index (χ0n) is 14.7. The lowest BCUT2D eigenvalue weighted by atomic mass is 10.3. The first-order valence-electron chi connectivity index (χ1n) is 7.87. The van der Waals surface area contributed by atoms with Crippen LogP contribution in [0.4, 0.5) is 38.1 Å². The number of nitrogens with one attached hydrogen (secondary N) is 2. The number of hydrogen-bond acceptors (Lipinski definition) is 6. The second kappa shape index (κ2) is 8.55. The highest BCUT2D eigenvalue weighted by Crippen LogP contribution is 2.33. The molecule has 3 heterocycles. The van der Waals surface area contributed by atoms with E-state index in [2.05, 4.69) is 35.9 Å². The van der Waals surface area contributed by atoms with E-state index in [-0.39, 0.29) is 27.6 Å². The van der Waals surface area contributed by atoms with Crippen molar-refractivity contribution in [2.24, 2.45) is 4.99 Å². The molecule has 0 aliphatic rings. The molecule has 0 aliphatic heterocycles. The molecule has 16 heteroatoms. The number of aliphatic imine (C=N–C) groups is 1. The lowest BCUT2D eigenvalue weighted by Crippen LogP contribution is -2.20. The van der Waals surface area contributed by atoms with Crippen molar-refractivity contribution in [3.05, 3.63) is 52.0 Å². The molecule has 0 aliphatic carbocycles. The summed E-state index contributed by atoms with van der Waals surface area (Å²) in [5.41, 5.74) is 2.79. The van der Waals surface area contributed by atoms with E-state index in [1.807, 2.05) is 0 Å². The molecule has 0 radical (unpaired) electrons. The van der Waals surface area contributed by atoms with Crippen molar-refractivity contribution in [1.29, 1.82) is 0 Å². The first-order valence-corrected chi connectivity index (χ1v) is 8.62. The Bertz CT molecular complexity index is 1110. The fourth-order valence-electron chi connectivity index (χ4n) is 2.05. The first kappa shape index (κ1) is 22.6. The summed E-state index contributed by atoms with van der Waals surface area (Å²) in [5.74, 6) is -0.325. The fourth-order valence-corrected chi connectivity index (χ4v) is 2.51. The van der Waals surface area contributed by atoms with Gasteiger partial charge in [-0.2, -0.15) is 41.0 Å². The van der Waals surface area contributed by atoms with Crippen LogP contribution in [0.25, 0.3) is 5.82 Å². The van der Waals surface area contributed by atoms with Crippen LogP contribution in [-0.2, 0) is 12.4 Å². The number of alkyl halides is 6. The Balaban J connectivity index is 1.64. The number of halogens is 8. The van der Waals surface area contributed by atoms with Gasteiger partial charge >= 0.3 is 12.4 Å². The van der Waals surface area contributed by atoms with E-state index in [9.17, 15) is 26.3 Å². The summed E-state index contributed by atoms with van der Waals surface area (Å²) in [4.78, 5) is 14.8. The number of aromatic nitrogens is 5. The minimum atomic E-state index is -4.60. The van der Waals surface area contributed by atoms with Crippen molar-refractivity contribution >= 4 is 41.3 Å². The third-order valence-electron chi connectivity index (χ3n) is 3.45. The lowest BCUT2D eigenvalue weighted by Gasteiger charge is -2.10. The molecule has 0 fully saturated rings. The van der Waals surface area contributed by atoms with Gasteiger partial charge in [0.1, 0.15) is 12.7 Å². The van der Waals surface area contributed by atoms with E-state index in [0.717, 1.165) is 17.3 Å². The molecule has 0 spiro atoms. The molecule has 0 saturated heterocycles. The number of rotatable bonds is 5. The minimum absolute atomic E-state index is 0.0969. The van der Waals surface area contributed by atoms with Crippen molar-refractivity contribution in [2.45, 2.75) is 12.4 Å². The molecule has 3 aromatic rings. The summed E-state index contributed by atoms with van der Waals surface area (Å²) in [7, 11) is 0. The summed E-state index contributed by atoms with van der Waals surface area (Å²) in [5, 5.41) is 3.28. The van der Waals surface area contributed by atoms with Gasteiger partial charge in [-0.1, -0.05) is 23.2 Å². The topological polar surface area (TPSA) is 92.9 Å². The SMILES string of the molecule is FC(F)(F)c1cnc(NN/C=N/c2ncn(-c3ncc(C(F)(F)F)cc3Cl)n2)c(Cl)c1. The van der Waals surface area contributed by atoms with E-state index >= 15 is 0 Å². The van der Waals surface area contributed by atoms with Gasteiger partial charge in [-0.15, -0.1) is 5.10 Å². The smallest absolute Gasteiger partial charge is 0.289 e. The zero-order chi connectivity index (χ0) is 22.8. The molecular weight excluding hydrogens is 477 g/mol. The summed E-state index contributed by atoms with van der Waals surface area (Å²) in [6, 6.07) is 1.39. The van der Waals surface area contributed by atoms with E-state index in [4.69, 9.17) is 23.2 Å². The van der Waals surface area contributed by atoms with Crippen LogP contribution in [0, 0.1) is 0 Å². The molecule has 3 aromatic heterocycles. The molecule has 0 atom stereocenters. The van der Waals surface area contributed by atoms with Gasteiger partial charge in [0.2, 0.25) is 0 Å². The van der Waals surface area contributed by atoms with Crippen LogP contribution in [0.1, 0.15) is 11.1 Å². The maximum Gasteiger partial charge on any atom is 0.417 e. The predicted octanol–water partition coefficient (Wildman–Crippen LogP) is 4.68. The normalized spacial score (nSPS) is 12.4. The van der Waals surface area contributed by atoms with Gasteiger partial charge in [-0.05, 0) is 12.1 Å². The summed E-state index contributed by atoms with van der Waals surface area (Å²) < 4.78 is 76.8. The van der Waals surface area contributed by atoms with E-state index in [0.29, 0.717) is 24.5 Å². The molecule has 0 saturated carbocycles. The molecule has 31 heavy (non-hydrogen) atoms. The quantitative estimate of drug-likeness (QED) is 0.236. The second-order valence-corrected chi connectivity index (χ2v) is 6.41. The number of hydrazine groups is 1. The average Bonchev–Trinajstić information content (AvgIpc) is 3.13. The summed E-state index contributed by atoms with van der Waals surface area (Å²) in [6.07, 6.45) is -5.84. The molecule has 0 unspecified atom stereocenters. The molecule has 2 N–H and O–H groups in total. The number of hydrogen-bond donors (Lipinski definition) is 2. The fraction of sp³-hybridized carbons (Fsp3) is 0.133. The molecule has 3 rings (SSSR count). The van der Waals surface area contributed by atoms with Gasteiger partial charge in [-0.25, -0.2) is 9.97 Å².